The van der Waals surface area contributed by atoms with Gasteiger partial charge in [0, 0.05) is 11.3 Å². The monoisotopic (exact) mass is 278 g/mol. The first-order chi connectivity index (χ1) is 10.1. The zero-order chi connectivity index (χ0) is 14.8. The van der Waals surface area contributed by atoms with Gasteiger partial charge in [0.15, 0.2) is 0 Å². The minimum Gasteiger partial charge on any atom is -0.457 e. The summed E-state index contributed by atoms with van der Waals surface area (Å²) in [6.45, 7) is 6.13. The lowest BCUT2D eigenvalue weighted by atomic mass is 10.1. The maximum absolute atomic E-state index is 6.00. The second-order valence-corrected chi connectivity index (χ2v) is 5.34. The number of nitrogens with one attached hydrogen (secondary N) is 1. The van der Waals surface area contributed by atoms with Crippen LogP contribution in [0.15, 0.2) is 48.5 Å². The second kappa shape index (κ2) is 5.44. The van der Waals surface area contributed by atoms with Crippen molar-refractivity contribution in [2.24, 2.45) is 0 Å². The summed E-state index contributed by atoms with van der Waals surface area (Å²) in [6.07, 6.45) is 0. The number of aryl methyl sites for hydroxylation is 3. The SMILES string of the molecule is Cc1ccc(Oc2cccc(-c3cc(C)[nH]n3)c2)c(C)c1. The zero-order valence-electron chi connectivity index (χ0n) is 12.5. The van der Waals surface area contributed by atoms with Gasteiger partial charge >= 0.3 is 0 Å². The third-order valence-corrected chi connectivity index (χ3v) is 3.39. The Balaban J connectivity index is 1.89. The third kappa shape index (κ3) is 2.97. The van der Waals surface area contributed by atoms with Crippen LogP contribution in [0.4, 0.5) is 0 Å². The predicted molar refractivity (Wildman–Crippen MR) is 84.8 cm³/mol. The fourth-order valence-electron chi connectivity index (χ4n) is 2.33. The van der Waals surface area contributed by atoms with E-state index in [1.165, 1.54) is 5.56 Å². The average molecular weight is 278 g/mol. The van der Waals surface area contributed by atoms with Crippen LogP contribution in [0.2, 0.25) is 0 Å². The van der Waals surface area contributed by atoms with Gasteiger partial charge in [-0.25, -0.2) is 0 Å². The Hall–Kier alpha value is -2.55. The Labute approximate surface area is 124 Å². The quantitative estimate of drug-likeness (QED) is 0.747. The molecule has 1 aromatic heterocycles. The number of ether oxygens (including phenoxy) is 1. The average Bonchev–Trinajstić information content (AvgIpc) is 2.89. The molecule has 106 valence electrons. The van der Waals surface area contributed by atoms with Crippen molar-refractivity contribution in [3.63, 3.8) is 0 Å². The molecule has 0 unspecified atom stereocenters. The van der Waals surface area contributed by atoms with E-state index in [0.29, 0.717) is 0 Å². The third-order valence-electron chi connectivity index (χ3n) is 3.39. The van der Waals surface area contributed by atoms with Crippen LogP contribution in [-0.4, -0.2) is 10.2 Å². The van der Waals surface area contributed by atoms with Gasteiger partial charge in [-0.1, -0.05) is 29.8 Å². The number of rotatable bonds is 3. The van der Waals surface area contributed by atoms with Crippen molar-refractivity contribution in [2.75, 3.05) is 0 Å². The molecular formula is C18H18N2O. The highest BCUT2D eigenvalue weighted by Gasteiger charge is 2.05. The molecule has 0 aliphatic rings. The van der Waals surface area contributed by atoms with Gasteiger partial charge in [-0.3, -0.25) is 5.10 Å². The van der Waals surface area contributed by atoms with Gasteiger partial charge < -0.3 is 4.74 Å². The lowest BCUT2D eigenvalue weighted by Crippen LogP contribution is -1.89. The number of H-pyrrole nitrogens is 1. The van der Waals surface area contributed by atoms with Crippen LogP contribution in [0.3, 0.4) is 0 Å². The van der Waals surface area contributed by atoms with Gasteiger partial charge in [-0.15, -0.1) is 0 Å². The first-order valence-corrected chi connectivity index (χ1v) is 6.99. The van der Waals surface area contributed by atoms with Crippen LogP contribution in [0.25, 0.3) is 11.3 Å². The molecule has 0 saturated carbocycles. The summed E-state index contributed by atoms with van der Waals surface area (Å²) in [4.78, 5) is 0. The van der Waals surface area contributed by atoms with Gasteiger partial charge in [0.05, 0.1) is 5.69 Å². The Bertz CT molecular complexity index is 774. The normalized spacial score (nSPS) is 10.6. The topological polar surface area (TPSA) is 37.9 Å². The van der Waals surface area contributed by atoms with E-state index in [1.54, 1.807) is 0 Å². The van der Waals surface area contributed by atoms with Crippen LogP contribution < -0.4 is 4.74 Å². The van der Waals surface area contributed by atoms with Gasteiger partial charge in [0.1, 0.15) is 11.5 Å². The zero-order valence-corrected chi connectivity index (χ0v) is 12.5. The van der Waals surface area contributed by atoms with E-state index in [2.05, 4.69) is 36.2 Å². The first-order valence-electron chi connectivity index (χ1n) is 6.99. The van der Waals surface area contributed by atoms with Crippen LogP contribution in [-0.2, 0) is 0 Å². The van der Waals surface area contributed by atoms with E-state index in [0.717, 1.165) is 34.0 Å². The molecule has 0 saturated heterocycles. The molecule has 1 N–H and O–H groups in total. The molecule has 0 aliphatic heterocycles. The van der Waals surface area contributed by atoms with Crippen molar-refractivity contribution in [1.29, 1.82) is 0 Å². The Morgan fingerprint density at radius 3 is 2.52 bits per heavy atom. The summed E-state index contributed by atoms with van der Waals surface area (Å²) < 4.78 is 6.00. The fourth-order valence-corrected chi connectivity index (χ4v) is 2.33. The lowest BCUT2D eigenvalue weighted by Gasteiger charge is -2.10. The summed E-state index contributed by atoms with van der Waals surface area (Å²) >= 11 is 0. The van der Waals surface area contributed by atoms with Crippen molar-refractivity contribution < 1.29 is 4.74 Å². The van der Waals surface area contributed by atoms with E-state index in [1.807, 2.05) is 43.3 Å². The largest absolute Gasteiger partial charge is 0.457 e. The number of aromatic amines is 1. The van der Waals surface area contributed by atoms with Gasteiger partial charge in [-0.05, 0) is 50.6 Å². The predicted octanol–water partition coefficient (Wildman–Crippen LogP) is 4.79. The highest BCUT2D eigenvalue weighted by atomic mass is 16.5. The molecule has 3 heteroatoms. The van der Waals surface area contributed by atoms with Gasteiger partial charge in [-0.2, -0.15) is 5.10 Å². The van der Waals surface area contributed by atoms with Gasteiger partial charge in [0.25, 0.3) is 0 Å². The number of hydrogen-bond donors (Lipinski definition) is 1. The molecule has 1 heterocycles. The van der Waals surface area contributed by atoms with Crippen LogP contribution in [0.5, 0.6) is 11.5 Å². The summed E-state index contributed by atoms with van der Waals surface area (Å²) in [6, 6.07) is 16.2. The summed E-state index contributed by atoms with van der Waals surface area (Å²) in [5.41, 5.74) is 5.39. The minimum atomic E-state index is 0.820. The van der Waals surface area contributed by atoms with E-state index in [-0.39, 0.29) is 0 Å². The lowest BCUT2D eigenvalue weighted by molar-refractivity contribution is 0.479. The molecule has 3 nitrogen and oxygen atoms in total. The Kier molecular flexibility index (Phi) is 3.48. The Morgan fingerprint density at radius 1 is 0.952 bits per heavy atom. The minimum absolute atomic E-state index is 0.820. The van der Waals surface area contributed by atoms with E-state index in [4.69, 9.17) is 4.74 Å². The molecule has 21 heavy (non-hydrogen) atoms. The van der Waals surface area contributed by atoms with Crippen LogP contribution in [0, 0.1) is 20.8 Å². The number of nitrogens with zero attached hydrogens (tertiary/aromatic N) is 1. The van der Waals surface area contributed by atoms with Crippen molar-refractivity contribution in [3.8, 4) is 22.8 Å². The molecule has 0 fully saturated rings. The summed E-state index contributed by atoms with van der Waals surface area (Å²) in [5, 5.41) is 7.24. The Morgan fingerprint density at radius 2 is 1.81 bits per heavy atom. The van der Waals surface area contributed by atoms with E-state index >= 15 is 0 Å². The number of aromatic nitrogens is 2. The smallest absolute Gasteiger partial charge is 0.130 e. The molecule has 0 spiro atoms. The van der Waals surface area contributed by atoms with Gasteiger partial charge in [0.2, 0.25) is 0 Å². The fraction of sp³-hybridized carbons (Fsp3) is 0.167. The van der Waals surface area contributed by atoms with Crippen molar-refractivity contribution in [3.05, 3.63) is 65.4 Å². The summed E-state index contributed by atoms with van der Waals surface area (Å²) in [7, 11) is 0. The molecular weight excluding hydrogens is 260 g/mol. The van der Waals surface area contributed by atoms with Crippen molar-refractivity contribution >= 4 is 0 Å². The van der Waals surface area contributed by atoms with Crippen molar-refractivity contribution in [2.45, 2.75) is 20.8 Å². The van der Waals surface area contributed by atoms with E-state index < -0.39 is 0 Å². The maximum atomic E-state index is 6.00. The molecule has 0 bridgehead atoms. The molecule has 0 atom stereocenters. The number of hydrogen-bond acceptors (Lipinski definition) is 2. The molecule has 0 radical (unpaired) electrons. The maximum Gasteiger partial charge on any atom is 0.130 e. The highest BCUT2D eigenvalue weighted by Crippen LogP contribution is 2.28. The highest BCUT2D eigenvalue weighted by molar-refractivity contribution is 5.61. The second-order valence-electron chi connectivity index (χ2n) is 5.34. The molecule has 0 aliphatic carbocycles. The number of benzene rings is 2. The van der Waals surface area contributed by atoms with E-state index in [9.17, 15) is 0 Å². The summed E-state index contributed by atoms with van der Waals surface area (Å²) in [5.74, 6) is 1.70. The van der Waals surface area contributed by atoms with Crippen LogP contribution >= 0.6 is 0 Å². The molecule has 3 rings (SSSR count). The van der Waals surface area contributed by atoms with Crippen LogP contribution in [0.1, 0.15) is 16.8 Å². The first kappa shape index (κ1) is 13.4. The molecule has 0 amide bonds. The van der Waals surface area contributed by atoms with Crippen molar-refractivity contribution in [1.82, 2.24) is 10.2 Å². The molecule has 2 aromatic carbocycles. The molecule has 3 aromatic rings. The standard InChI is InChI=1S/C18H18N2O/c1-12-7-8-18(13(2)9-12)21-16-6-4-5-15(11-16)17-10-14(3)19-20-17/h4-11H,1-3H3,(H,19,20).